The molecule has 0 fully saturated rings. The Labute approximate surface area is 61.8 Å². The van der Waals surface area contributed by atoms with Gasteiger partial charge in [0, 0.05) is 39.9 Å². The van der Waals surface area contributed by atoms with Crippen LogP contribution >= 0.6 is 0 Å². The first-order valence-electron chi connectivity index (χ1n) is 0.136. The first kappa shape index (κ1) is 17.2. The summed E-state index contributed by atoms with van der Waals surface area (Å²) in [5.74, 6) is 0. The van der Waals surface area contributed by atoms with Crippen molar-refractivity contribution in [3.8, 4) is 0 Å². The molecule has 0 radical (unpaired) electrons. The van der Waals surface area contributed by atoms with Crippen molar-refractivity contribution in [2.24, 2.45) is 0 Å². The molecule has 0 aromatic carbocycles. The van der Waals surface area contributed by atoms with Crippen LogP contribution in [0.5, 0.6) is 0 Å². The third-order valence-electron chi connectivity index (χ3n) is 0. The topological polar surface area (TPSA) is 17.1 Å². The molecular weight excluding hydrogens is 416 g/mol. The summed E-state index contributed by atoms with van der Waals surface area (Å²) in [5, 5.41) is 0. The van der Waals surface area contributed by atoms with E-state index in [1.807, 2.05) is 0 Å². The Morgan fingerprint density at radius 3 is 1.25 bits per heavy atom. The zero-order valence-electron chi connectivity index (χ0n) is 1.41. The average molecular weight is 416 g/mol. The molecule has 0 atom stereocenters. The summed E-state index contributed by atoms with van der Waals surface area (Å²) in [6, 6.07) is 0. The zero-order chi connectivity index (χ0) is 2.00. The molecule has 4 heavy (non-hydrogen) atoms. The molecule has 1 nitrogen and oxygen atoms in total. The van der Waals surface area contributed by atoms with Gasteiger partial charge in [0.2, 0.25) is 0 Å². The van der Waals surface area contributed by atoms with Crippen LogP contribution in [-0.2, 0) is 62.3 Å². The van der Waals surface area contributed by atoms with E-state index in [-0.39, 0.29) is 39.9 Å². The molecule has 0 spiro atoms. The summed E-state index contributed by atoms with van der Waals surface area (Å²) in [6.07, 6.45) is 0. The molecule has 0 aromatic heterocycles. The SMILES string of the molecule is [O]=[Ir].[Pd].[Ru]. The van der Waals surface area contributed by atoms with Gasteiger partial charge in [0.15, 0.2) is 0 Å². The predicted molar refractivity (Wildman–Crippen MR) is 0.686 cm³/mol. The Balaban J connectivity index is -0.00000000500. The Morgan fingerprint density at radius 1 is 1.25 bits per heavy atom. The average Bonchev–Trinajstić information content (AvgIpc) is 1.00. The van der Waals surface area contributed by atoms with Crippen molar-refractivity contribution >= 4 is 0 Å². The van der Waals surface area contributed by atoms with Crippen molar-refractivity contribution in [3.05, 3.63) is 0 Å². The largest absolute Gasteiger partial charge is 0 e. The molecule has 0 aliphatic heterocycles. The van der Waals surface area contributed by atoms with Crippen LogP contribution in [0.3, 0.4) is 0 Å². The van der Waals surface area contributed by atoms with Gasteiger partial charge in [-0.2, -0.15) is 0 Å². The summed E-state index contributed by atoms with van der Waals surface area (Å²) in [4.78, 5) is 0. The fraction of sp³-hybridized carbons (Fsp3) is 0. The van der Waals surface area contributed by atoms with Crippen LogP contribution in [-0.4, -0.2) is 0 Å². The molecule has 0 bridgehead atoms. The van der Waals surface area contributed by atoms with Gasteiger partial charge in [0.1, 0.15) is 0 Å². The van der Waals surface area contributed by atoms with E-state index in [4.69, 9.17) is 3.50 Å². The first-order chi connectivity index (χ1) is 1.00. The minimum Gasteiger partial charge on any atom is 0 e. The summed E-state index contributed by atoms with van der Waals surface area (Å²) in [6.45, 7) is 0. The van der Waals surface area contributed by atoms with Gasteiger partial charge in [-0.05, 0) is 0 Å². The van der Waals surface area contributed by atoms with Crippen LogP contribution in [0.1, 0.15) is 0 Å². The van der Waals surface area contributed by atoms with Crippen LogP contribution in [0.25, 0.3) is 0 Å². The van der Waals surface area contributed by atoms with Crippen molar-refractivity contribution in [1.29, 1.82) is 0 Å². The smallest absolute Gasteiger partial charge is 0 e. The van der Waals surface area contributed by atoms with Gasteiger partial charge in [-0.25, -0.2) is 0 Å². The van der Waals surface area contributed by atoms with E-state index in [9.17, 15) is 0 Å². The summed E-state index contributed by atoms with van der Waals surface area (Å²) in [7, 11) is 0. The Hall–Kier alpha value is 1.74. The monoisotopic (exact) mass is 417 g/mol. The number of rotatable bonds is 0. The van der Waals surface area contributed by atoms with Crippen molar-refractivity contribution in [1.82, 2.24) is 0 Å². The van der Waals surface area contributed by atoms with Crippen LogP contribution < -0.4 is 0 Å². The predicted octanol–water partition coefficient (Wildman–Crippen LogP) is -0.126. The fourth-order valence-corrected chi connectivity index (χ4v) is 0. The molecule has 0 heterocycles. The Kier molecular flexibility index (Phi) is 94.3. The van der Waals surface area contributed by atoms with Gasteiger partial charge in [0.25, 0.3) is 0 Å². The third kappa shape index (κ3) is 9.28. The molecule has 0 N–H and O–H groups in total. The molecule has 0 aliphatic rings. The Morgan fingerprint density at radius 2 is 1.25 bits per heavy atom. The van der Waals surface area contributed by atoms with Crippen LogP contribution in [0, 0.1) is 0 Å². The fourth-order valence-electron chi connectivity index (χ4n) is 0. The minimum atomic E-state index is 0. The van der Waals surface area contributed by atoms with Gasteiger partial charge >= 0.3 is 22.4 Å². The molecule has 0 unspecified atom stereocenters. The first-order valence-corrected chi connectivity index (χ1v) is 1.11. The molecule has 0 rings (SSSR count). The zero-order valence-corrected chi connectivity index (χ0v) is 7.10. The van der Waals surface area contributed by atoms with Crippen molar-refractivity contribution < 1.29 is 62.3 Å². The second-order valence-electron chi connectivity index (χ2n) is 0. The van der Waals surface area contributed by atoms with Gasteiger partial charge < -0.3 is 0 Å². The molecule has 0 saturated heterocycles. The van der Waals surface area contributed by atoms with Gasteiger partial charge in [-0.3, -0.25) is 0 Å². The van der Waals surface area contributed by atoms with E-state index < -0.39 is 0 Å². The third-order valence-corrected chi connectivity index (χ3v) is 0. The summed E-state index contributed by atoms with van der Waals surface area (Å²) in [5.41, 5.74) is 0. The molecule has 0 saturated carbocycles. The molecule has 0 aliphatic carbocycles. The number of hydrogen-bond donors (Lipinski definition) is 0. The van der Waals surface area contributed by atoms with Crippen molar-refractivity contribution in [2.45, 2.75) is 0 Å². The van der Waals surface area contributed by atoms with Crippen LogP contribution in [0.2, 0.25) is 0 Å². The van der Waals surface area contributed by atoms with Gasteiger partial charge in [-0.1, -0.05) is 0 Å². The maximum absolute atomic E-state index is 8.25. The van der Waals surface area contributed by atoms with E-state index in [2.05, 4.69) is 0 Å². The normalized spacial score (nSPS) is 1.25. The van der Waals surface area contributed by atoms with E-state index in [1.54, 1.807) is 0 Å². The molecule has 0 aromatic rings. The molecule has 33 valence electrons. The van der Waals surface area contributed by atoms with E-state index in [0.717, 1.165) is 18.9 Å². The maximum Gasteiger partial charge on any atom is 0 e. The van der Waals surface area contributed by atoms with Crippen molar-refractivity contribution in [3.63, 3.8) is 0 Å². The summed E-state index contributed by atoms with van der Waals surface area (Å²) >= 11 is 0.750. The maximum atomic E-state index is 8.25. The second-order valence-corrected chi connectivity index (χ2v) is 0. The molecular formula is IrOPdRu. The quantitative estimate of drug-likeness (QED) is 0.504. The van der Waals surface area contributed by atoms with E-state index in [1.165, 1.54) is 0 Å². The number of hydrogen-bond acceptors (Lipinski definition) is 1. The second kappa shape index (κ2) is 21.9. The van der Waals surface area contributed by atoms with Crippen LogP contribution in [0.15, 0.2) is 0 Å². The summed E-state index contributed by atoms with van der Waals surface area (Å²) < 4.78 is 8.25. The van der Waals surface area contributed by atoms with Gasteiger partial charge in [-0.15, -0.1) is 0 Å². The van der Waals surface area contributed by atoms with Gasteiger partial charge in [0.05, 0.1) is 0 Å². The van der Waals surface area contributed by atoms with Crippen LogP contribution in [0.4, 0.5) is 0 Å². The minimum absolute atomic E-state index is 0. The molecule has 0 amide bonds. The standard InChI is InChI=1S/Ir.O.Pd.Ru. The van der Waals surface area contributed by atoms with Crippen molar-refractivity contribution in [2.75, 3.05) is 0 Å². The Bertz CT molecular complexity index is 8.00. The van der Waals surface area contributed by atoms with E-state index in [0.29, 0.717) is 0 Å². The molecule has 4 heteroatoms. The van der Waals surface area contributed by atoms with E-state index >= 15 is 0 Å².